The summed E-state index contributed by atoms with van der Waals surface area (Å²) < 4.78 is 16.0. The van der Waals surface area contributed by atoms with Crippen molar-refractivity contribution in [2.75, 3.05) is 13.6 Å². The Hall–Kier alpha value is -2.97. The largest absolute Gasteiger partial charge is 0.291 e. The number of aliphatic imine (C=N–C) groups is 1. The fourth-order valence-electron chi connectivity index (χ4n) is 3.22. The molecule has 0 saturated heterocycles. The lowest BCUT2D eigenvalue weighted by Gasteiger charge is -2.17. The maximum atomic E-state index is 14.1. The first-order valence-electron chi connectivity index (χ1n) is 9.20. The molecule has 0 fully saturated rings. The number of pyridine rings is 1. The van der Waals surface area contributed by atoms with Gasteiger partial charge in [-0.15, -0.1) is 10.2 Å². The SMILES string of the molecule is CCCN(C)OCc1nnc2n1-c1ccc(F)cc1C(c1ccccn1)=NC2. The first-order chi connectivity index (χ1) is 13.7. The molecular formula is C20H21FN6O. The minimum atomic E-state index is -0.334. The molecule has 1 aromatic carbocycles. The second-order valence-electron chi connectivity index (χ2n) is 6.53. The summed E-state index contributed by atoms with van der Waals surface area (Å²) in [6.45, 7) is 3.49. The van der Waals surface area contributed by atoms with Crippen molar-refractivity contribution in [3.8, 4) is 5.69 Å². The Labute approximate surface area is 162 Å². The molecule has 0 N–H and O–H groups in total. The molecule has 0 unspecified atom stereocenters. The van der Waals surface area contributed by atoms with Crippen molar-refractivity contribution in [2.45, 2.75) is 26.5 Å². The molecule has 3 aromatic rings. The minimum absolute atomic E-state index is 0.263. The smallest absolute Gasteiger partial charge is 0.165 e. The number of aromatic nitrogens is 4. The summed E-state index contributed by atoms with van der Waals surface area (Å²) in [5.74, 6) is 0.984. The van der Waals surface area contributed by atoms with Gasteiger partial charge in [-0.05, 0) is 36.8 Å². The Morgan fingerprint density at radius 2 is 2.11 bits per heavy atom. The molecule has 7 nitrogen and oxygen atoms in total. The average Bonchev–Trinajstić information content (AvgIpc) is 3.03. The van der Waals surface area contributed by atoms with Crippen LogP contribution in [0.5, 0.6) is 0 Å². The van der Waals surface area contributed by atoms with Crippen LogP contribution in [0.1, 0.15) is 36.3 Å². The van der Waals surface area contributed by atoms with Gasteiger partial charge >= 0.3 is 0 Å². The lowest BCUT2D eigenvalue weighted by atomic mass is 10.0. The van der Waals surface area contributed by atoms with Crippen molar-refractivity contribution in [1.29, 1.82) is 0 Å². The van der Waals surface area contributed by atoms with E-state index < -0.39 is 0 Å². The second kappa shape index (κ2) is 7.95. The maximum Gasteiger partial charge on any atom is 0.165 e. The van der Waals surface area contributed by atoms with Gasteiger partial charge in [-0.2, -0.15) is 5.06 Å². The summed E-state index contributed by atoms with van der Waals surface area (Å²) >= 11 is 0. The summed E-state index contributed by atoms with van der Waals surface area (Å²) in [6.07, 6.45) is 2.68. The Morgan fingerprint density at radius 3 is 2.89 bits per heavy atom. The van der Waals surface area contributed by atoms with Crippen molar-refractivity contribution in [3.63, 3.8) is 0 Å². The van der Waals surface area contributed by atoms with E-state index in [0.29, 0.717) is 35.2 Å². The molecule has 0 radical (unpaired) electrons. The van der Waals surface area contributed by atoms with Crippen LogP contribution in [0.2, 0.25) is 0 Å². The molecular weight excluding hydrogens is 359 g/mol. The first kappa shape index (κ1) is 18.4. The molecule has 0 spiro atoms. The highest BCUT2D eigenvalue weighted by Crippen LogP contribution is 2.26. The predicted molar refractivity (Wildman–Crippen MR) is 103 cm³/mol. The van der Waals surface area contributed by atoms with Gasteiger partial charge in [0.05, 0.1) is 17.1 Å². The molecule has 0 amide bonds. The highest BCUT2D eigenvalue weighted by atomic mass is 19.1. The molecule has 3 heterocycles. The van der Waals surface area contributed by atoms with Gasteiger partial charge in [-0.25, -0.2) is 4.39 Å². The molecule has 8 heteroatoms. The Bertz CT molecular complexity index is 1000. The lowest BCUT2D eigenvalue weighted by Crippen LogP contribution is -2.21. The van der Waals surface area contributed by atoms with Gasteiger partial charge in [0.1, 0.15) is 19.0 Å². The molecule has 28 heavy (non-hydrogen) atoms. The molecule has 0 saturated carbocycles. The van der Waals surface area contributed by atoms with E-state index in [0.717, 1.165) is 18.7 Å². The highest BCUT2D eigenvalue weighted by molar-refractivity contribution is 6.14. The zero-order valence-corrected chi connectivity index (χ0v) is 15.8. The Kier molecular flexibility index (Phi) is 5.23. The van der Waals surface area contributed by atoms with E-state index in [1.54, 1.807) is 17.3 Å². The Morgan fingerprint density at radius 1 is 1.21 bits per heavy atom. The van der Waals surface area contributed by atoms with Gasteiger partial charge in [0.2, 0.25) is 0 Å². The third kappa shape index (κ3) is 3.56. The molecule has 144 valence electrons. The molecule has 0 atom stereocenters. The van der Waals surface area contributed by atoms with Gasteiger partial charge in [-0.3, -0.25) is 19.4 Å². The van der Waals surface area contributed by atoms with Gasteiger partial charge in [0.25, 0.3) is 0 Å². The lowest BCUT2D eigenvalue weighted by molar-refractivity contribution is -0.152. The normalized spacial score (nSPS) is 13.1. The van der Waals surface area contributed by atoms with E-state index in [4.69, 9.17) is 4.84 Å². The van der Waals surface area contributed by atoms with Crippen molar-refractivity contribution < 1.29 is 9.23 Å². The maximum absolute atomic E-state index is 14.1. The number of rotatable bonds is 6. The van der Waals surface area contributed by atoms with E-state index in [2.05, 4.69) is 27.1 Å². The van der Waals surface area contributed by atoms with Gasteiger partial charge in [-0.1, -0.05) is 13.0 Å². The number of hydroxylamine groups is 2. The summed E-state index contributed by atoms with van der Waals surface area (Å²) in [6, 6.07) is 10.2. The summed E-state index contributed by atoms with van der Waals surface area (Å²) in [7, 11) is 1.88. The van der Waals surface area contributed by atoms with E-state index in [1.165, 1.54) is 12.1 Å². The fourth-order valence-corrected chi connectivity index (χ4v) is 3.22. The van der Waals surface area contributed by atoms with Crippen LogP contribution in [0.4, 0.5) is 4.39 Å². The summed E-state index contributed by atoms with van der Waals surface area (Å²) in [5.41, 5.74) is 2.74. The first-order valence-corrected chi connectivity index (χ1v) is 9.20. The van der Waals surface area contributed by atoms with Gasteiger partial charge in [0.15, 0.2) is 11.6 Å². The van der Waals surface area contributed by atoms with Crippen molar-refractivity contribution in [1.82, 2.24) is 24.8 Å². The molecule has 0 aliphatic carbocycles. The van der Waals surface area contributed by atoms with E-state index in [-0.39, 0.29) is 12.4 Å². The van der Waals surface area contributed by atoms with Crippen molar-refractivity contribution in [3.05, 3.63) is 71.3 Å². The number of fused-ring (bicyclic) bond motifs is 3. The number of nitrogens with zero attached hydrogens (tertiary/aromatic N) is 6. The predicted octanol–water partition coefficient (Wildman–Crippen LogP) is 2.93. The number of halogens is 1. The number of hydrogen-bond donors (Lipinski definition) is 0. The highest BCUT2D eigenvalue weighted by Gasteiger charge is 2.24. The van der Waals surface area contributed by atoms with E-state index in [1.807, 2.05) is 29.8 Å². The standard InChI is InChI=1S/C20H21FN6O/c1-3-10-26(2)28-13-19-25-24-18-12-23-20(16-6-4-5-9-22-16)15-11-14(21)7-8-17(15)27(18)19/h4-9,11H,3,10,12-13H2,1-2H3. The third-order valence-electron chi connectivity index (χ3n) is 4.49. The quantitative estimate of drug-likeness (QED) is 0.615. The molecule has 1 aliphatic rings. The molecule has 4 rings (SSSR count). The fraction of sp³-hybridized carbons (Fsp3) is 0.300. The van der Waals surface area contributed by atoms with Gasteiger partial charge < -0.3 is 0 Å². The van der Waals surface area contributed by atoms with Crippen molar-refractivity contribution >= 4 is 5.71 Å². The zero-order valence-electron chi connectivity index (χ0n) is 15.8. The monoisotopic (exact) mass is 380 g/mol. The van der Waals surface area contributed by atoms with Crippen LogP contribution < -0.4 is 0 Å². The number of hydrogen-bond acceptors (Lipinski definition) is 6. The van der Waals surface area contributed by atoms with E-state index >= 15 is 0 Å². The second-order valence-corrected chi connectivity index (χ2v) is 6.53. The molecule has 2 aromatic heterocycles. The van der Waals surface area contributed by atoms with Crippen LogP contribution in [-0.4, -0.2) is 44.1 Å². The zero-order chi connectivity index (χ0) is 19.5. The molecule has 1 aliphatic heterocycles. The molecule has 0 bridgehead atoms. The van der Waals surface area contributed by atoms with E-state index in [9.17, 15) is 4.39 Å². The number of benzene rings is 1. The average molecular weight is 380 g/mol. The third-order valence-corrected chi connectivity index (χ3v) is 4.49. The van der Waals surface area contributed by atoms with Crippen LogP contribution in [-0.2, 0) is 18.0 Å². The van der Waals surface area contributed by atoms with Crippen molar-refractivity contribution in [2.24, 2.45) is 4.99 Å². The van der Waals surface area contributed by atoms with Crippen LogP contribution in [0.3, 0.4) is 0 Å². The minimum Gasteiger partial charge on any atom is -0.291 e. The van der Waals surface area contributed by atoms with Crippen LogP contribution in [0, 0.1) is 5.82 Å². The van der Waals surface area contributed by atoms with Gasteiger partial charge in [0, 0.05) is 25.4 Å². The van der Waals surface area contributed by atoms with Crippen LogP contribution in [0.25, 0.3) is 5.69 Å². The topological polar surface area (TPSA) is 68.4 Å². The van der Waals surface area contributed by atoms with Crippen LogP contribution >= 0.6 is 0 Å². The Balaban J connectivity index is 1.77. The summed E-state index contributed by atoms with van der Waals surface area (Å²) in [5, 5.41) is 10.3. The van der Waals surface area contributed by atoms with Crippen LogP contribution in [0.15, 0.2) is 47.6 Å². The summed E-state index contributed by atoms with van der Waals surface area (Å²) in [4.78, 5) is 14.8.